The number of pyridine rings is 1. The molecule has 4 aromatic rings. The van der Waals surface area contributed by atoms with Crippen LogP contribution in [-0.2, 0) is 21.1 Å². The van der Waals surface area contributed by atoms with E-state index in [4.69, 9.17) is 21.3 Å². The lowest BCUT2D eigenvalue weighted by molar-refractivity contribution is 0.0998. The van der Waals surface area contributed by atoms with Gasteiger partial charge in [-0.3, -0.25) is 4.68 Å². The number of anilines is 3. The van der Waals surface area contributed by atoms with Crippen molar-refractivity contribution in [2.75, 3.05) is 35.9 Å². The third-order valence-electron chi connectivity index (χ3n) is 7.68. The summed E-state index contributed by atoms with van der Waals surface area (Å²) in [6.45, 7) is 9.66. The molecule has 10 nitrogen and oxygen atoms in total. The molecule has 4 heterocycles. The van der Waals surface area contributed by atoms with Crippen LogP contribution in [0.4, 0.5) is 17.3 Å². The van der Waals surface area contributed by atoms with Crippen molar-refractivity contribution in [3.8, 4) is 11.4 Å². The molecule has 5 rings (SSSR count). The van der Waals surface area contributed by atoms with Gasteiger partial charge in [-0.2, -0.15) is 5.10 Å². The molecule has 0 aliphatic carbocycles. The van der Waals surface area contributed by atoms with Crippen molar-refractivity contribution in [2.45, 2.75) is 52.3 Å². The highest BCUT2D eigenvalue weighted by molar-refractivity contribution is 7.90. The molecule has 1 saturated heterocycles. The minimum Gasteiger partial charge on any atom is -0.380 e. The third-order valence-corrected chi connectivity index (χ3v) is 8.99. The number of fused-ring (bicyclic) bond motifs is 1. The van der Waals surface area contributed by atoms with Gasteiger partial charge in [0.2, 0.25) is 0 Å². The number of aromatic nitrogens is 5. The highest BCUT2D eigenvalue weighted by atomic mass is 35.5. The smallest absolute Gasteiger partial charge is 0.166 e. The average Bonchev–Trinajstić information content (AvgIpc) is 3.29. The van der Waals surface area contributed by atoms with Gasteiger partial charge in [-0.1, -0.05) is 31.5 Å². The molecule has 1 aliphatic heterocycles. The van der Waals surface area contributed by atoms with E-state index in [0.717, 1.165) is 16.5 Å². The van der Waals surface area contributed by atoms with E-state index >= 15 is 0 Å². The summed E-state index contributed by atoms with van der Waals surface area (Å²) in [7, 11) is -1.37. The van der Waals surface area contributed by atoms with E-state index in [0.29, 0.717) is 47.2 Å². The molecule has 1 aliphatic rings. The number of benzene rings is 1. The average molecular weight is 598 g/mol. The zero-order valence-electron chi connectivity index (χ0n) is 24.2. The Morgan fingerprint density at radius 1 is 1.15 bits per heavy atom. The van der Waals surface area contributed by atoms with Gasteiger partial charge in [0.1, 0.15) is 21.5 Å². The van der Waals surface area contributed by atoms with Gasteiger partial charge in [-0.05, 0) is 48.9 Å². The van der Waals surface area contributed by atoms with E-state index in [9.17, 15) is 8.42 Å². The Hall–Kier alpha value is -3.28. The number of methoxy groups -OCH3 is 1. The van der Waals surface area contributed by atoms with Crippen molar-refractivity contribution in [2.24, 2.45) is 5.92 Å². The van der Waals surface area contributed by atoms with Crippen molar-refractivity contribution in [3.63, 3.8) is 0 Å². The SMILES string of the molecule is CO[C@H](C)Cn1cc(-c2nccc(Nc3cc4c(C(C)C)ccc(N5C[C@H](CS(C)(=O)=O)[C@H]5C)c4cn3)n2)c(Cl)n1. The van der Waals surface area contributed by atoms with Crippen LogP contribution in [0.25, 0.3) is 22.2 Å². The van der Waals surface area contributed by atoms with E-state index < -0.39 is 9.84 Å². The van der Waals surface area contributed by atoms with Crippen LogP contribution < -0.4 is 10.2 Å². The summed E-state index contributed by atoms with van der Waals surface area (Å²) in [4.78, 5) is 16.1. The maximum Gasteiger partial charge on any atom is 0.166 e. The second-order valence-corrected chi connectivity index (χ2v) is 13.7. The van der Waals surface area contributed by atoms with Crippen molar-refractivity contribution in [3.05, 3.63) is 53.6 Å². The van der Waals surface area contributed by atoms with Gasteiger partial charge in [0.05, 0.1) is 24.0 Å². The highest BCUT2D eigenvalue weighted by Crippen LogP contribution is 2.39. The van der Waals surface area contributed by atoms with Gasteiger partial charge in [0, 0.05) is 61.5 Å². The summed E-state index contributed by atoms with van der Waals surface area (Å²) in [5.74, 6) is 2.32. The fraction of sp³-hybridized carbons (Fsp3) is 0.448. The van der Waals surface area contributed by atoms with Crippen LogP contribution in [0.5, 0.6) is 0 Å². The standard InChI is InChI=1S/C29H36ClN7O3S/c1-17(2)21-7-8-25(37-14-20(19(37)4)16-41(6,38)39)23-12-32-27(11-22(21)23)33-26-9-10-31-29(34-26)24-15-36(35-28(24)30)13-18(3)40-5/h7-12,15,17-20H,13-14,16H2,1-6H3,(H,31,32,33,34)/t18-,19-,20-/m1/s1. The molecule has 0 saturated carbocycles. The number of nitrogens with one attached hydrogen (secondary N) is 1. The largest absolute Gasteiger partial charge is 0.380 e. The lowest BCUT2D eigenvalue weighted by Gasteiger charge is -2.48. The molecule has 1 fully saturated rings. The Kier molecular flexibility index (Phi) is 8.22. The van der Waals surface area contributed by atoms with Gasteiger partial charge in [0.15, 0.2) is 11.0 Å². The monoisotopic (exact) mass is 597 g/mol. The Balaban J connectivity index is 1.42. The summed E-state index contributed by atoms with van der Waals surface area (Å²) in [5.41, 5.74) is 2.91. The van der Waals surface area contributed by atoms with Crippen molar-refractivity contribution < 1.29 is 13.2 Å². The Morgan fingerprint density at radius 2 is 1.93 bits per heavy atom. The van der Waals surface area contributed by atoms with Crippen LogP contribution >= 0.6 is 11.6 Å². The van der Waals surface area contributed by atoms with Crippen LogP contribution in [0.1, 0.15) is 39.2 Å². The number of rotatable bonds is 10. The molecule has 1 aromatic carbocycles. The first-order valence-electron chi connectivity index (χ1n) is 13.7. The zero-order valence-corrected chi connectivity index (χ0v) is 25.7. The summed E-state index contributed by atoms with van der Waals surface area (Å²) < 4.78 is 30.8. The van der Waals surface area contributed by atoms with E-state index in [1.807, 2.05) is 25.4 Å². The van der Waals surface area contributed by atoms with Crippen LogP contribution in [0.15, 0.2) is 42.9 Å². The van der Waals surface area contributed by atoms with Crippen molar-refractivity contribution >= 4 is 49.5 Å². The second-order valence-electron chi connectivity index (χ2n) is 11.2. The Bertz CT molecular complexity index is 1670. The highest BCUT2D eigenvalue weighted by Gasteiger charge is 2.38. The maximum atomic E-state index is 11.9. The lowest BCUT2D eigenvalue weighted by Crippen LogP contribution is -2.57. The van der Waals surface area contributed by atoms with Crippen LogP contribution in [-0.4, -0.2) is 71.0 Å². The molecule has 1 N–H and O–H groups in total. The summed E-state index contributed by atoms with van der Waals surface area (Å²) in [6.07, 6.45) is 6.67. The number of nitrogens with zero attached hydrogens (tertiary/aromatic N) is 6. The van der Waals surface area contributed by atoms with Gasteiger partial charge in [-0.15, -0.1) is 0 Å². The third kappa shape index (κ3) is 6.32. The quantitative estimate of drug-likeness (QED) is 0.259. The molecule has 218 valence electrons. The maximum absolute atomic E-state index is 11.9. The Labute approximate surface area is 246 Å². The first kappa shape index (κ1) is 29.2. The molecule has 12 heteroatoms. The van der Waals surface area contributed by atoms with E-state index in [1.54, 1.807) is 24.1 Å². The summed E-state index contributed by atoms with van der Waals surface area (Å²) in [5, 5.41) is 10.2. The van der Waals surface area contributed by atoms with Gasteiger partial charge in [-0.25, -0.2) is 23.4 Å². The normalized spacial score (nSPS) is 18.1. The first-order valence-corrected chi connectivity index (χ1v) is 16.1. The topological polar surface area (TPSA) is 115 Å². The minimum atomic E-state index is -3.02. The number of hydrogen-bond donors (Lipinski definition) is 1. The van der Waals surface area contributed by atoms with E-state index in [2.05, 4.69) is 58.2 Å². The fourth-order valence-electron chi connectivity index (χ4n) is 5.32. The van der Waals surface area contributed by atoms with E-state index in [-0.39, 0.29) is 23.8 Å². The summed E-state index contributed by atoms with van der Waals surface area (Å²) >= 11 is 6.42. The van der Waals surface area contributed by atoms with Crippen LogP contribution in [0.2, 0.25) is 5.15 Å². The van der Waals surface area contributed by atoms with Crippen molar-refractivity contribution in [1.82, 2.24) is 24.7 Å². The van der Waals surface area contributed by atoms with Crippen LogP contribution in [0, 0.1) is 5.92 Å². The molecule has 0 amide bonds. The molecule has 0 unspecified atom stereocenters. The number of halogens is 1. The molecule has 3 aromatic heterocycles. The second kappa shape index (κ2) is 11.5. The van der Waals surface area contributed by atoms with Crippen molar-refractivity contribution in [1.29, 1.82) is 0 Å². The van der Waals surface area contributed by atoms with Gasteiger partial charge >= 0.3 is 0 Å². The molecule has 0 spiro atoms. The lowest BCUT2D eigenvalue weighted by atomic mass is 9.88. The number of ether oxygens (including phenoxy) is 1. The molecular formula is C29H36ClN7O3S. The zero-order chi connectivity index (χ0) is 29.5. The predicted molar refractivity (Wildman–Crippen MR) is 164 cm³/mol. The molecular weight excluding hydrogens is 562 g/mol. The number of sulfone groups is 1. The minimum absolute atomic E-state index is 0.0128. The fourth-order valence-corrected chi connectivity index (χ4v) is 6.72. The number of hydrogen-bond acceptors (Lipinski definition) is 9. The first-order chi connectivity index (χ1) is 19.4. The Morgan fingerprint density at radius 3 is 2.61 bits per heavy atom. The molecule has 0 bridgehead atoms. The van der Waals surface area contributed by atoms with Crippen LogP contribution in [0.3, 0.4) is 0 Å². The molecule has 3 atom stereocenters. The van der Waals surface area contributed by atoms with Gasteiger partial charge < -0.3 is 15.0 Å². The molecule has 0 radical (unpaired) electrons. The molecule has 41 heavy (non-hydrogen) atoms. The van der Waals surface area contributed by atoms with Gasteiger partial charge in [0.25, 0.3) is 0 Å². The predicted octanol–water partition coefficient (Wildman–Crippen LogP) is 5.31. The van der Waals surface area contributed by atoms with E-state index in [1.165, 1.54) is 11.8 Å². The summed E-state index contributed by atoms with van der Waals surface area (Å²) in [6, 6.07) is 8.25.